The fraction of sp³-hybridized carbons (Fsp3) is 0.909. The van der Waals surface area contributed by atoms with Gasteiger partial charge in [0.05, 0.1) is 25.4 Å². The molecule has 2 heterocycles. The molecule has 0 aliphatic carbocycles. The van der Waals surface area contributed by atoms with Crippen LogP contribution in [0, 0.1) is 0 Å². The number of carboxylic acid groups (broad SMARTS) is 2. The van der Waals surface area contributed by atoms with Gasteiger partial charge in [0.15, 0.2) is 0 Å². The van der Waals surface area contributed by atoms with Crippen LogP contribution in [-0.4, -0.2) is 126 Å². The van der Waals surface area contributed by atoms with E-state index in [1.807, 2.05) is 0 Å². The molecule has 0 spiro atoms. The van der Waals surface area contributed by atoms with Crippen molar-refractivity contribution in [1.29, 1.82) is 0 Å². The van der Waals surface area contributed by atoms with Crippen LogP contribution < -0.4 is 47.1 Å². The molecule has 0 aromatic rings. The Morgan fingerprint density at radius 2 is 1.12 bits per heavy atom. The van der Waals surface area contributed by atoms with Gasteiger partial charge in [-0.05, 0) is 53.9 Å². The largest absolute Gasteiger partial charge is 1.00 e. The first-order chi connectivity index (χ1) is 14.9. The number of nitrogens with zero attached hydrogens (tertiary/aromatic N) is 4. The summed E-state index contributed by atoms with van der Waals surface area (Å²) in [5.74, 6) is -2.62. The van der Waals surface area contributed by atoms with E-state index in [0.29, 0.717) is 0 Å². The van der Waals surface area contributed by atoms with E-state index in [2.05, 4.69) is 47.5 Å². The third kappa shape index (κ3) is 26.6. The van der Waals surface area contributed by atoms with E-state index in [-0.39, 0.29) is 42.0 Å². The molecule has 3 N–H and O–H groups in total. The number of hydrogen-bond acceptors (Lipinski definition) is 9. The first-order valence-corrected chi connectivity index (χ1v) is 11.6. The molecule has 2 aliphatic heterocycles. The summed E-state index contributed by atoms with van der Waals surface area (Å²) >= 11 is 0. The number of carboxylic acids is 2. The Hall–Kier alpha value is -0.0100. The molecule has 2 atom stereocenters. The Morgan fingerprint density at radius 3 is 1.26 bits per heavy atom. The van der Waals surface area contributed by atoms with Crippen LogP contribution >= 0.6 is 0 Å². The Balaban J connectivity index is -0.000000179. The predicted octanol–water partition coefficient (Wildman–Crippen LogP) is -6.44. The van der Waals surface area contributed by atoms with Gasteiger partial charge >= 0.3 is 35.5 Å². The van der Waals surface area contributed by atoms with Crippen molar-refractivity contribution in [2.24, 2.45) is 0 Å². The van der Waals surface area contributed by atoms with Gasteiger partial charge < -0.3 is 37.6 Å². The number of unbranched alkanes of at least 4 members (excludes halogenated alkanes) is 2. The summed E-state index contributed by atoms with van der Waals surface area (Å²) in [6, 6.07) is 0. The van der Waals surface area contributed by atoms with E-state index in [1.54, 1.807) is 0 Å². The van der Waals surface area contributed by atoms with Crippen LogP contribution in [0.5, 0.6) is 0 Å². The maximum atomic E-state index is 9.45. The van der Waals surface area contributed by atoms with E-state index >= 15 is 0 Å². The topological polar surface area (TPSA) is 131 Å². The molecule has 0 aromatic carbocycles. The van der Waals surface area contributed by atoms with Crippen LogP contribution in [0.25, 0.3) is 0 Å². The van der Waals surface area contributed by atoms with Gasteiger partial charge in [-0.3, -0.25) is 19.6 Å². The molecule has 2 aliphatic rings. The number of aliphatic hydroxyl groups excluding tert-OH is 2. The molecular weight excluding hydrogens is 475 g/mol. The van der Waals surface area contributed by atoms with Crippen molar-refractivity contribution in [3.8, 4) is 0 Å². The summed E-state index contributed by atoms with van der Waals surface area (Å²) in [4.78, 5) is 28.6. The molecule has 0 aromatic heterocycles. The van der Waals surface area contributed by atoms with Crippen LogP contribution in [0.1, 0.15) is 53.4 Å². The standard InChI is InChI=1S/2C8H18N2.2C3H6O3.ClH.Na/c2*1-3-4-5-10-7-6-9(2)8-10;2*1-2(4)3(5)6;;/h2*3-8H2,1-2H3;2*2,4H,1H3,(H,5,6);1H;/q;;;;;+1/p-2/t;;2*2-;;/m..00../s1. The number of hydrogen-bond donors (Lipinski definition) is 3. The first-order valence-electron chi connectivity index (χ1n) is 11.6. The molecule has 2 rings (SSSR count). The SMILES string of the molecule is CCCCN1CCN(C)C1.CCCCN1CCN(C)C1.C[C@H](O)C(=O)O.C[C@H](O)C(=O)[O-].[Cl-].[Na+]. The second-order valence-corrected chi connectivity index (χ2v) is 8.39. The zero-order valence-corrected chi connectivity index (χ0v) is 25.1. The zero-order valence-electron chi connectivity index (χ0n) is 22.4. The zero-order chi connectivity index (χ0) is 25.1. The molecule has 0 amide bonds. The first kappa shape index (κ1) is 41.1. The molecule has 2 saturated heterocycles. The van der Waals surface area contributed by atoms with E-state index in [4.69, 9.17) is 15.3 Å². The van der Waals surface area contributed by atoms with Gasteiger partial charge in [-0.1, -0.05) is 26.7 Å². The maximum absolute atomic E-state index is 9.45. The Bertz CT molecular complexity index is 450. The minimum Gasteiger partial charge on any atom is -1.00 e. The van der Waals surface area contributed by atoms with Gasteiger partial charge in [0.25, 0.3) is 0 Å². The Kier molecular flexibility index (Phi) is 31.5. The molecule has 0 bridgehead atoms. The van der Waals surface area contributed by atoms with Gasteiger partial charge in [-0.15, -0.1) is 0 Å². The van der Waals surface area contributed by atoms with Gasteiger partial charge in [-0.25, -0.2) is 4.79 Å². The summed E-state index contributed by atoms with van der Waals surface area (Å²) in [5.41, 5.74) is 0. The number of aliphatic hydroxyl groups is 2. The number of likely N-dealkylation sites (N-methyl/N-ethyl adjacent to an activating group) is 2. The normalized spacial score (nSPS) is 17.9. The molecule has 34 heavy (non-hydrogen) atoms. The minimum atomic E-state index is -1.44. The monoisotopic (exact) mass is 521 g/mol. The van der Waals surface area contributed by atoms with Crippen molar-refractivity contribution in [3.05, 3.63) is 0 Å². The molecule has 0 saturated carbocycles. The predicted molar refractivity (Wildman–Crippen MR) is 124 cm³/mol. The summed E-state index contributed by atoms with van der Waals surface area (Å²) in [7, 11) is 4.37. The number of aliphatic carboxylic acids is 2. The number of halogens is 1. The van der Waals surface area contributed by atoms with E-state index < -0.39 is 24.1 Å². The quantitative estimate of drug-likeness (QED) is 0.265. The molecule has 200 valence electrons. The molecule has 10 nitrogen and oxygen atoms in total. The van der Waals surface area contributed by atoms with Crippen LogP contribution in [0.2, 0.25) is 0 Å². The molecule has 0 unspecified atom stereocenters. The fourth-order valence-corrected chi connectivity index (χ4v) is 2.72. The smallest absolute Gasteiger partial charge is 1.00 e. The van der Waals surface area contributed by atoms with Crippen molar-refractivity contribution >= 4 is 11.9 Å². The Labute approximate surface area is 235 Å². The third-order valence-corrected chi connectivity index (χ3v) is 4.83. The fourth-order valence-electron chi connectivity index (χ4n) is 2.72. The second-order valence-electron chi connectivity index (χ2n) is 8.39. The van der Waals surface area contributed by atoms with E-state index in [0.717, 1.165) is 6.92 Å². The van der Waals surface area contributed by atoms with E-state index in [9.17, 15) is 14.7 Å². The van der Waals surface area contributed by atoms with Gasteiger partial charge in [0.1, 0.15) is 6.10 Å². The van der Waals surface area contributed by atoms with Crippen molar-refractivity contribution in [3.63, 3.8) is 0 Å². The van der Waals surface area contributed by atoms with Gasteiger partial charge in [0.2, 0.25) is 0 Å². The van der Waals surface area contributed by atoms with Crippen LogP contribution in [0.4, 0.5) is 0 Å². The van der Waals surface area contributed by atoms with Crippen LogP contribution in [0.15, 0.2) is 0 Å². The Morgan fingerprint density at radius 1 is 0.824 bits per heavy atom. The number of rotatable bonds is 8. The van der Waals surface area contributed by atoms with Gasteiger partial charge in [-0.2, -0.15) is 0 Å². The van der Waals surface area contributed by atoms with Crippen molar-refractivity contribution in [2.45, 2.75) is 65.6 Å². The average Bonchev–Trinajstić information content (AvgIpc) is 3.33. The summed E-state index contributed by atoms with van der Waals surface area (Å²) < 4.78 is 0. The number of carbonyl (C=O) groups excluding carboxylic acids is 1. The van der Waals surface area contributed by atoms with Crippen molar-refractivity contribution in [2.75, 3.05) is 66.7 Å². The van der Waals surface area contributed by atoms with Crippen LogP contribution in [0.3, 0.4) is 0 Å². The van der Waals surface area contributed by atoms with Crippen molar-refractivity contribution in [1.82, 2.24) is 19.6 Å². The maximum Gasteiger partial charge on any atom is 1.00 e. The van der Waals surface area contributed by atoms with Crippen molar-refractivity contribution < 1.29 is 72.0 Å². The summed E-state index contributed by atoms with van der Waals surface area (Å²) in [5, 5.41) is 33.1. The summed E-state index contributed by atoms with van der Waals surface area (Å²) in [6.07, 6.45) is 2.78. The minimum absolute atomic E-state index is 0. The molecular formula is C22H47ClN4NaO6-. The summed E-state index contributed by atoms with van der Waals surface area (Å²) in [6.45, 7) is 16.8. The molecule has 2 fully saturated rings. The molecule has 0 radical (unpaired) electrons. The van der Waals surface area contributed by atoms with Crippen LogP contribution in [-0.2, 0) is 9.59 Å². The third-order valence-electron chi connectivity index (χ3n) is 4.83. The molecule has 12 heteroatoms. The van der Waals surface area contributed by atoms with Gasteiger partial charge in [0, 0.05) is 26.2 Å². The second kappa shape index (κ2) is 26.1. The average molecular weight is 522 g/mol. The number of carbonyl (C=O) groups is 2. The van der Waals surface area contributed by atoms with E-state index in [1.165, 1.54) is 85.2 Å².